The zero-order valence-electron chi connectivity index (χ0n) is 7.80. The molecule has 7 heteroatoms. The predicted octanol–water partition coefficient (Wildman–Crippen LogP) is 2.46. The van der Waals surface area contributed by atoms with E-state index in [0.717, 1.165) is 4.24 Å². The van der Waals surface area contributed by atoms with Crippen LogP contribution in [0.15, 0.2) is 15.5 Å². The SMILES string of the molecule is CC1(C)SC(=CC[N+](=O)[O-])SC1N=O. The van der Waals surface area contributed by atoms with Crippen LogP contribution in [0.2, 0.25) is 0 Å². The summed E-state index contributed by atoms with van der Waals surface area (Å²) in [5, 5.41) is 12.8. The van der Waals surface area contributed by atoms with Gasteiger partial charge in [-0.25, -0.2) is 0 Å². The van der Waals surface area contributed by atoms with E-state index < -0.39 is 4.92 Å². The largest absolute Gasteiger partial charge is 0.264 e. The molecule has 14 heavy (non-hydrogen) atoms. The minimum Gasteiger partial charge on any atom is -0.264 e. The van der Waals surface area contributed by atoms with Crippen molar-refractivity contribution in [1.82, 2.24) is 0 Å². The van der Waals surface area contributed by atoms with E-state index in [2.05, 4.69) is 5.18 Å². The van der Waals surface area contributed by atoms with Crippen LogP contribution in [0.4, 0.5) is 0 Å². The Labute approximate surface area is 89.8 Å². The molecule has 0 bridgehead atoms. The molecule has 5 nitrogen and oxygen atoms in total. The Bertz CT molecular complexity index is 291. The highest BCUT2D eigenvalue weighted by Gasteiger charge is 2.40. The fourth-order valence-electron chi connectivity index (χ4n) is 0.973. The molecule has 1 fully saturated rings. The van der Waals surface area contributed by atoms with Crippen LogP contribution in [0.5, 0.6) is 0 Å². The first-order chi connectivity index (χ1) is 6.45. The number of rotatable bonds is 3. The lowest BCUT2D eigenvalue weighted by molar-refractivity contribution is -0.468. The molecule has 78 valence electrons. The van der Waals surface area contributed by atoms with E-state index in [0.29, 0.717) is 0 Å². The zero-order valence-corrected chi connectivity index (χ0v) is 9.43. The highest BCUT2D eigenvalue weighted by atomic mass is 32.2. The maximum atomic E-state index is 10.5. The van der Waals surface area contributed by atoms with Crippen molar-refractivity contribution in [2.45, 2.75) is 24.0 Å². The first-order valence-corrected chi connectivity index (χ1v) is 5.65. The van der Waals surface area contributed by atoms with Crippen molar-refractivity contribution >= 4 is 23.5 Å². The van der Waals surface area contributed by atoms with Crippen LogP contribution in [0.25, 0.3) is 0 Å². The molecule has 0 aliphatic carbocycles. The number of hydrogen-bond acceptors (Lipinski definition) is 6. The number of nitrogens with zero attached hydrogens (tertiary/aromatic N) is 2. The second kappa shape index (κ2) is 4.31. The van der Waals surface area contributed by atoms with Gasteiger partial charge in [-0.2, -0.15) is 0 Å². The van der Waals surface area contributed by atoms with E-state index in [1.54, 1.807) is 0 Å². The first kappa shape index (κ1) is 11.5. The van der Waals surface area contributed by atoms with E-state index in [1.165, 1.54) is 29.6 Å². The van der Waals surface area contributed by atoms with Crippen molar-refractivity contribution < 1.29 is 4.92 Å². The van der Waals surface area contributed by atoms with Gasteiger partial charge in [0.2, 0.25) is 6.54 Å². The van der Waals surface area contributed by atoms with Crippen molar-refractivity contribution in [3.8, 4) is 0 Å². The molecule has 1 heterocycles. The van der Waals surface area contributed by atoms with E-state index >= 15 is 0 Å². The van der Waals surface area contributed by atoms with Crippen molar-refractivity contribution in [2.24, 2.45) is 5.18 Å². The van der Waals surface area contributed by atoms with Crippen LogP contribution < -0.4 is 0 Å². The van der Waals surface area contributed by atoms with Gasteiger partial charge in [-0.1, -0.05) is 16.9 Å². The minimum absolute atomic E-state index is 0.197. The van der Waals surface area contributed by atoms with Gasteiger partial charge in [0.05, 0.1) is 4.75 Å². The molecule has 0 saturated carbocycles. The predicted molar refractivity (Wildman–Crippen MR) is 58.8 cm³/mol. The maximum Gasteiger partial charge on any atom is 0.223 e. The Morgan fingerprint density at radius 3 is 2.79 bits per heavy atom. The fourth-order valence-corrected chi connectivity index (χ4v) is 3.91. The summed E-state index contributed by atoms with van der Waals surface area (Å²) in [6.45, 7) is 3.62. The Balaban J connectivity index is 2.66. The standard InChI is InChI=1S/C7H10N2O3S2/c1-7(2)6(8-10)13-5(14-7)3-4-9(11)12/h3,6H,4H2,1-2H3. The second-order valence-corrected chi connectivity index (χ2v) is 6.40. The Kier molecular flexibility index (Phi) is 3.54. The molecule has 0 radical (unpaired) electrons. The van der Waals surface area contributed by atoms with E-state index in [4.69, 9.17) is 0 Å². The Hall–Kier alpha value is -0.560. The second-order valence-electron chi connectivity index (χ2n) is 3.32. The summed E-state index contributed by atoms with van der Waals surface area (Å²) in [6.07, 6.45) is 1.53. The molecular formula is C7H10N2O3S2. The zero-order chi connectivity index (χ0) is 10.8. The molecular weight excluding hydrogens is 224 g/mol. The number of nitroso groups, excluding NO2 is 1. The maximum absolute atomic E-state index is 10.5. The molecule has 1 rings (SSSR count). The third-order valence-electron chi connectivity index (χ3n) is 1.69. The molecule has 0 spiro atoms. The van der Waals surface area contributed by atoms with E-state index in [1.807, 2.05) is 13.8 Å². The van der Waals surface area contributed by atoms with Crippen molar-refractivity contribution in [3.05, 3.63) is 25.3 Å². The van der Waals surface area contributed by atoms with Crippen molar-refractivity contribution in [2.75, 3.05) is 6.54 Å². The molecule has 0 N–H and O–H groups in total. The van der Waals surface area contributed by atoms with Crippen LogP contribution in [0.3, 0.4) is 0 Å². The summed E-state index contributed by atoms with van der Waals surface area (Å²) >= 11 is 2.77. The van der Waals surface area contributed by atoms with Gasteiger partial charge in [0.1, 0.15) is 0 Å². The monoisotopic (exact) mass is 234 g/mol. The lowest BCUT2D eigenvalue weighted by Gasteiger charge is -2.16. The molecule has 0 aromatic carbocycles. The van der Waals surface area contributed by atoms with Gasteiger partial charge in [0.25, 0.3) is 0 Å². The van der Waals surface area contributed by atoms with Crippen LogP contribution >= 0.6 is 23.5 Å². The number of hydrogen-bond donors (Lipinski definition) is 0. The van der Waals surface area contributed by atoms with Crippen LogP contribution in [0, 0.1) is 15.0 Å². The highest BCUT2D eigenvalue weighted by Crippen LogP contribution is 2.53. The molecule has 1 atom stereocenters. The van der Waals surface area contributed by atoms with Crippen molar-refractivity contribution in [3.63, 3.8) is 0 Å². The lowest BCUT2D eigenvalue weighted by atomic mass is 10.2. The summed E-state index contributed by atoms with van der Waals surface area (Å²) in [6, 6.07) is 0. The number of thioether (sulfide) groups is 2. The van der Waals surface area contributed by atoms with E-state index in [9.17, 15) is 15.0 Å². The average Bonchev–Trinajstić information content (AvgIpc) is 2.37. The van der Waals surface area contributed by atoms with Gasteiger partial charge >= 0.3 is 0 Å². The third kappa shape index (κ3) is 2.71. The summed E-state index contributed by atoms with van der Waals surface area (Å²) in [7, 11) is 0. The van der Waals surface area contributed by atoms with Crippen LogP contribution in [-0.4, -0.2) is 21.6 Å². The van der Waals surface area contributed by atoms with Crippen LogP contribution in [-0.2, 0) is 0 Å². The van der Waals surface area contributed by atoms with Crippen molar-refractivity contribution in [1.29, 1.82) is 0 Å². The molecule has 1 aliphatic heterocycles. The van der Waals surface area contributed by atoms with Gasteiger partial charge in [-0.15, -0.1) is 16.7 Å². The molecule has 0 amide bonds. The van der Waals surface area contributed by atoms with Gasteiger partial charge < -0.3 is 0 Å². The summed E-state index contributed by atoms with van der Waals surface area (Å²) in [5.41, 5.74) is 0. The molecule has 0 aromatic rings. The first-order valence-electron chi connectivity index (χ1n) is 3.96. The van der Waals surface area contributed by atoms with Crippen LogP contribution in [0.1, 0.15) is 13.8 Å². The summed E-state index contributed by atoms with van der Waals surface area (Å²) in [5.74, 6) is 0. The summed E-state index contributed by atoms with van der Waals surface area (Å²) in [4.78, 5) is 20.2. The summed E-state index contributed by atoms with van der Waals surface area (Å²) < 4.78 is 0.547. The normalized spacial score (nSPS) is 27.9. The van der Waals surface area contributed by atoms with Gasteiger partial charge in [0, 0.05) is 15.2 Å². The lowest BCUT2D eigenvalue weighted by Crippen LogP contribution is -2.22. The average molecular weight is 234 g/mol. The van der Waals surface area contributed by atoms with Gasteiger partial charge in [-0.05, 0) is 13.8 Å². The quantitative estimate of drug-likeness (QED) is 0.426. The Morgan fingerprint density at radius 1 is 1.71 bits per heavy atom. The molecule has 1 aliphatic rings. The highest BCUT2D eigenvalue weighted by molar-refractivity contribution is 8.26. The fraction of sp³-hybridized carbons (Fsp3) is 0.714. The smallest absolute Gasteiger partial charge is 0.223 e. The van der Waals surface area contributed by atoms with Gasteiger partial charge in [0.15, 0.2) is 5.37 Å². The Morgan fingerprint density at radius 2 is 2.36 bits per heavy atom. The molecule has 0 aromatic heterocycles. The van der Waals surface area contributed by atoms with Gasteiger partial charge in [-0.3, -0.25) is 10.1 Å². The number of nitro groups is 1. The third-order valence-corrected chi connectivity index (χ3v) is 4.79. The topological polar surface area (TPSA) is 72.6 Å². The molecule has 1 saturated heterocycles. The van der Waals surface area contributed by atoms with E-state index in [-0.39, 0.29) is 16.7 Å². The minimum atomic E-state index is -0.400. The molecule has 1 unspecified atom stereocenters.